The lowest BCUT2D eigenvalue weighted by molar-refractivity contribution is -0.122. The van der Waals surface area contributed by atoms with Crippen LogP contribution in [0.15, 0.2) is 48.0 Å². The number of nitrogens with zero attached hydrogens (tertiary/aromatic N) is 1. The number of sulfonamides is 1. The lowest BCUT2D eigenvalue weighted by atomic mass is 10.0. The third-order valence-electron chi connectivity index (χ3n) is 5.70. The molecule has 176 valence electrons. The van der Waals surface area contributed by atoms with E-state index in [4.69, 9.17) is 4.74 Å². The monoisotopic (exact) mass is 470 g/mol. The van der Waals surface area contributed by atoms with Gasteiger partial charge in [-0.05, 0) is 68.5 Å². The van der Waals surface area contributed by atoms with E-state index in [1.807, 2.05) is 26.8 Å². The summed E-state index contributed by atoms with van der Waals surface area (Å²) in [5.74, 6) is -0.739. The first kappa shape index (κ1) is 24.7. The van der Waals surface area contributed by atoms with Crippen LogP contribution in [0, 0.1) is 13.8 Å². The molecule has 0 bridgehead atoms. The van der Waals surface area contributed by atoms with Crippen LogP contribution in [0.4, 0.5) is 0 Å². The Morgan fingerprint density at radius 2 is 1.73 bits per heavy atom. The number of rotatable bonds is 9. The van der Waals surface area contributed by atoms with Crippen molar-refractivity contribution in [3.8, 4) is 0 Å². The molecule has 33 heavy (non-hydrogen) atoms. The van der Waals surface area contributed by atoms with Gasteiger partial charge >= 0.3 is 0 Å². The molecule has 7 nitrogen and oxygen atoms in total. The second-order valence-electron chi connectivity index (χ2n) is 8.07. The maximum Gasteiger partial charge on any atom is 0.268 e. The zero-order chi connectivity index (χ0) is 24.2. The van der Waals surface area contributed by atoms with E-state index in [9.17, 15) is 18.0 Å². The van der Waals surface area contributed by atoms with E-state index in [1.165, 1.54) is 0 Å². The maximum absolute atomic E-state index is 13.3. The topological polar surface area (TPSA) is 92.8 Å². The molecule has 0 aliphatic carbocycles. The molecule has 8 heteroatoms. The fraction of sp³-hybridized carbons (Fsp3) is 0.360. The van der Waals surface area contributed by atoms with Gasteiger partial charge in [-0.25, -0.2) is 12.7 Å². The van der Waals surface area contributed by atoms with Gasteiger partial charge in [0.25, 0.3) is 21.8 Å². The summed E-state index contributed by atoms with van der Waals surface area (Å²) in [6.45, 7) is 8.97. The summed E-state index contributed by atoms with van der Waals surface area (Å²) in [5, 5.41) is 2.82. The lowest BCUT2D eigenvalue weighted by Crippen LogP contribution is -2.31. The first-order valence-corrected chi connectivity index (χ1v) is 12.4. The summed E-state index contributed by atoms with van der Waals surface area (Å²) in [5.41, 5.74) is 3.82. The van der Waals surface area contributed by atoms with Gasteiger partial charge in [-0.1, -0.05) is 30.3 Å². The first-order valence-electron chi connectivity index (χ1n) is 11.0. The Morgan fingerprint density at radius 1 is 1.03 bits per heavy atom. The molecule has 2 aromatic carbocycles. The Morgan fingerprint density at radius 3 is 2.36 bits per heavy atom. The number of benzene rings is 2. The highest BCUT2D eigenvalue weighted by Crippen LogP contribution is 2.37. The van der Waals surface area contributed by atoms with Gasteiger partial charge in [0.1, 0.15) is 4.91 Å². The molecular formula is C25H30N2O5S. The van der Waals surface area contributed by atoms with Gasteiger partial charge < -0.3 is 10.1 Å². The van der Waals surface area contributed by atoms with Gasteiger partial charge in [0, 0.05) is 30.9 Å². The van der Waals surface area contributed by atoms with Gasteiger partial charge in [0.05, 0.1) is 6.54 Å². The van der Waals surface area contributed by atoms with Crippen LogP contribution in [0.3, 0.4) is 0 Å². The third-order valence-corrected chi connectivity index (χ3v) is 7.64. The number of amides is 2. The Labute approximate surface area is 195 Å². The van der Waals surface area contributed by atoms with Gasteiger partial charge in [0.2, 0.25) is 0 Å². The van der Waals surface area contributed by atoms with E-state index in [-0.39, 0.29) is 22.9 Å². The molecule has 3 rings (SSSR count). The van der Waals surface area contributed by atoms with Crippen LogP contribution in [-0.4, -0.2) is 44.3 Å². The highest BCUT2D eigenvalue weighted by Gasteiger charge is 2.42. The average molecular weight is 471 g/mol. The molecule has 0 spiro atoms. The molecule has 0 fully saturated rings. The van der Waals surface area contributed by atoms with Crippen molar-refractivity contribution < 1.29 is 22.7 Å². The van der Waals surface area contributed by atoms with Crippen LogP contribution >= 0.6 is 0 Å². The minimum atomic E-state index is -3.98. The number of hydrogen-bond acceptors (Lipinski definition) is 5. The van der Waals surface area contributed by atoms with Crippen LogP contribution in [-0.2, 0) is 26.1 Å². The second-order valence-corrected chi connectivity index (χ2v) is 9.87. The molecule has 2 aromatic rings. The summed E-state index contributed by atoms with van der Waals surface area (Å²) >= 11 is 0. The van der Waals surface area contributed by atoms with E-state index in [0.29, 0.717) is 36.4 Å². The van der Waals surface area contributed by atoms with Crippen molar-refractivity contribution in [2.24, 2.45) is 0 Å². The number of carbonyl (C=O) groups excluding carboxylic acids is 2. The van der Waals surface area contributed by atoms with Crippen molar-refractivity contribution in [2.45, 2.75) is 40.7 Å². The zero-order valence-electron chi connectivity index (χ0n) is 19.5. The molecule has 0 atom stereocenters. The van der Waals surface area contributed by atoms with Crippen LogP contribution in [0.5, 0.6) is 0 Å². The van der Waals surface area contributed by atoms with E-state index in [0.717, 1.165) is 21.9 Å². The van der Waals surface area contributed by atoms with Crippen molar-refractivity contribution in [2.75, 3.05) is 19.8 Å². The van der Waals surface area contributed by atoms with Gasteiger partial charge in [-0.2, -0.15) is 0 Å². The minimum absolute atomic E-state index is 0.0543. The van der Waals surface area contributed by atoms with E-state index in [2.05, 4.69) is 5.32 Å². The molecule has 0 saturated carbocycles. The molecular weight excluding hydrogens is 440 g/mol. The fourth-order valence-corrected chi connectivity index (χ4v) is 5.45. The largest absolute Gasteiger partial charge is 0.382 e. The number of carbonyl (C=O) groups is 2. The Balaban J connectivity index is 1.72. The molecule has 0 unspecified atom stereocenters. The maximum atomic E-state index is 13.3. The standard InChI is InChI=1S/C25H30N2O5S/c1-5-32-14-6-13-26-24(28)21-11-8-20(9-12-21)16-27-25(29)19(4)23(33(27,30)31)22-10-7-17(2)18(3)15-22/h7-12,15H,5-6,13-14,16H2,1-4H3,(H,26,28). The molecule has 1 aliphatic rings. The third kappa shape index (κ3) is 5.34. The summed E-state index contributed by atoms with van der Waals surface area (Å²) < 4.78 is 32.7. The second kappa shape index (κ2) is 10.3. The van der Waals surface area contributed by atoms with Crippen LogP contribution in [0.1, 0.15) is 52.9 Å². The summed E-state index contributed by atoms with van der Waals surface area (Å²) in [4.78, 5) is 25.2. The quantitative estimate of drug-likeness (QED) is 0.566. The minimum Gasteiger partial charge on any atom is -0.382 e. The SMILES string of the molecule is CCOCCCNC(=O)c1ccc(CN2C(=O)C(C)=C(c3ccc(C)c(C)c3)S2(=O)=O)cc1. The van der Waals surface area contributed by atoms with Crippen molar-refractivity contribution in [3.63, 3.8) is 0 Å². The average Bonchev–Trinajstić information content (AvgIpc) is 2.95. The van der Waals surface area contributed by atoms with Crippen molar-refractivity contribution in [1.82, 2.24) is 9.62 Å². The molecule has 0 radical (unpaired) electrons. The summed E-state index contributed by atoms with van der Waals surface area (Å²) in [7, 11) is -3.98. The Bertz CT molecular complexity index is 1180. The Kier molecular flexibility index (Phi) is 7.71. The van der Waals surface area contributed by atoms with Gasteiger partial charge in [-0.3, -0.25) is 9.59 Å². The highest BCUT2D eigenvalue weighted by molar-refractivity contribution is 7.99. The predicted octanol–water partition coefficient (Wildman–Crippen LogP) is 3.56. The molecule has 0 aromatic heterocycles. The van der Waals surface area contributed by atoms with Crippen LogP contribution < -0.4 is 5.32 Å². The van der Waals surface area contributed by atoms with Gasteiger partial charge in [0.15, 0.2) is 0 Å². The first-order chi connectivity index (χ1) is 15.7. The number of hydrogen-bond donors (Lipinski definition) is 1. The van der Waals surface area contributed by atoms with Gasteiger partial charge in [-0.15, -0.1) is 0 Å². The molecule has 2 amide bonds. The zero-order valence-corrected chi connectivity index (χ0v) is 20.3. The highest BCUT2D eigenvalue weighted by atomic mass is 32.2. The fourth-order valence-electron chi connectivity index (χ4n) is 3.65. The lowest BCUT2D eigenvalue weighted by Gasteiger charge is -2.17. The summed E-state index contributed by atoms with van der Waals surface area (Å²) in [6.07, 6.45) is 0.724. The van der Waals surface area contributed by atoms with E-state index < -0.39 is 15.9 Å². The number of nitrogens with one attached hydrogen (secondary N) is 1. The number of ether oxygens (including phenoxy) is 1. The molecule has 1 N–H and O–H groups in total. The predicted molar refractivity (Wildman–Crippen MR) is 128 cm³/mol. The number of aryl methyl sites for hydroxylation is 2. The van der Waals surface area contributed by atoms with Crippen LogP contribution in [0.2, 0.25) is 0 Å². The molecule has 0 saturated heterocycles. The summed E-state index contributed by atoms with van der Waals surface area (Å²) in [6, 6.07) is 12.0. The smallest absolute Gasteiger partial charge is 0.268 e. The van der Waals surface area contributed by atoms with Crippen molar-refractivity contribution in [3.05, 3.63) is 75.9 Å². The van der Waals surface area contributed by atoms with Crippen LogP contribution in [0.25, 0.3) is 4.91 Å². The van der Waals surface area contributed by atoms with Crippen molar-refractivity contribution >= 4 is 26.7 Å². The molecule has 1 heterocycles. The van der Waals surface area contributed by atoms with E-state index in [1.54, 1.807) is 43.3 Å². The van der Waals surface area contributed by atoms with E-state index >= 15 is 0 Å². The normalized spacial score (nSPS) is 15.3. The molecule has 1 aliphatic heterocycles. The van der Waals surface area contributed by atoms with Crippen molar-refractivity contribution in [1.29, 1.82) is 0 Å². The Hall–Kier alpha value is -2.97.